The third kappa shape index (κ3) is 0.873. The van der Waals surface area contributed by atoms with Gasteiger partial charge in [-0.1, -0.05) is 20.7 Å². The maximum absolute atomic E-state index is 11.9. The third-order valence-electron chi connectivity index (χ3n) is 0.515. The molecule has 0 aliphatic heterocycles. The molecule has 0 aliphatic rings. The van der Waals surface area contributed by atoms with E-state index in [0.29, 0.717) is 0 Å². The molecular formula is C2HClFN3S. The van der Waals surface area contributed by atoms with E-state index in [2.05, 4.69) is 5.10 Å². The van der Waals surface area contributed by atoms with Crippen LogP contribution in [0.3, 0.4) is 0 Å². The lowest BCUT2D eigenvalue weighted by Crippen LogP contribution is -2.04. The minimum atomic E-state index is -0.296. The summed E-state index contributed by atoms with van der Waals surface area (Å²) in [5, 5.41) is 9.76. The first kappa shape index (κ1) is 5.71. The Balaban J connectivity index is 3.35. The van der Waals surface area contributed by atoms with Crippen LogP contribution in [-0.2, 0) is 0 Å². The van der Waals surface area contributed by atoms with E-state index in [1.807, 2.05) is 0 Å². The van der Waals surface area contributed by atoms with Crippen molar-refractivity contribution in [2.75, 3.05) is 0 Å². The van der Waals surface area contributed by atoms with Gasteiger partial charge in [0.2, 0.25) is 9.27 Å². The molecule has 1 aromatic rings. The fraction of sp³-hybridized carbons (Fsp3) is 0. The number of nitrogens with one attached hydrogen (secondary N) is 1. The summed E-state index contributed by atoms with van der Waals surface area (Å²) in [7, 11) is 0. The molecule has 0 amide bonds. The van der Waals surface area contributed by atoms with Gasteiger partial charge in [-0.2, -0.15) is 0 Å². The number of halogens is 2. The van der Waals surface area contributed by atoms with Crippen molar-refractivity contribution < 1.29 is 4.48 Å². The number of hydrogen-bond donors (Lipinski definition) is 1. The van der Waals surface area contributed by atoms with E-state index in [1.165, 1.54) is 0 Å². The second-order valence-corrected chi connectivity index (χ2v) is 2.58. The van der Waals surface area contributed by atoms with Gasteiger partial charge >= 0.3 is 0 Å². The summed E-state index contributed by atoms with van der Waals surface area (Å²) in [6, 6.07) is 0. The van der Waals surface area contributed by atoms with Gasteiger partial charge in [-0.05, 0) is 11.6 Å². The summed E-state index contributed by atoms with van der Waals surface area (Å²) in [6.07, 6.45) is 0. The van der Waals surface area contributed by atoms with Crippen molar-refractivity contribution in [3.8, 4) is 0 Å². The molecular weight excluding hydrogens is 153 g/mol. The van der Waals surface area contributed by atoms with Crippen molar-refractivity contribution in [1.29, 1.82) is 5.41 Å². The number of aromatic nitrogens is 2. The van der Waals surface area contributed by atoms with Gasteiger partial charge in [-0.15, -0.1) is 5.10 Å². The van der Waals surface area contributed by atoms with Crippen LogP contribution in [0, 0.1) is 5.41 Å². The Labute approximate surface area is 52.8 Å². The molecule has 6 heteroatoms. The van der Waals surface area contributed by atoms with Crippen molar-refractivity contribution in [2.24, 2.45) is 0 Å². The van der Waals surface area contributed by atoms with Gasteiger partial charge in [0, 0.05) is 0 Å². The van der Waals surface area contributed by atoms with E-state index in [9.17, 15) is 4.48 Å². The van der Waals surface area contributed by atoms with E-state index in [0.717, 1.165) is 11.3 Å². The largest absolute Gasteiger partial charge is 0.271 e. The molecule has 0 fully saturated rings. The van der Waals surface area contributed by atoms with E-state index in [-0.39, 0.29) is 14.2 Å². The summed E-state index contributed by atoms with van der Waals surface area (Å²) >= 11 is 5.97. The average molecular weight is 154 g/mol. The molecule has 0 saturated heterocycles. The van der Waals surface area contributed by atoms with Gasteiger partial charge in [0.1, 0.15) is 0 Å². The number of hydrogen-bond acceptors (Lipinski definition) is 3. The van der Waals surface area contributed by atoms with Gasteiger partial charge in [-0.3, -0.25) is 5.41 Å². The predicted molar refractivity (Wildman–Crippen MR) is 27.5 cm³/mol. The molecule has 1 heterocycles. The molecule has 44 valence electrons. The zero-order valence-corrected chi connectivity index (χ0v) is 5.13. The molecule has 0 radical (unpaired) electrons. The Morgan fingerprint density at radius 1 is 1.88 bits per heavy atom. The van der Waals surface area contributed by atoms with E-state index < -0.39 is 0 Å². The number of rotatable bonds is 0. The molecule has 0 unspecified atom stereocenters. The molecule has 1 aromatic heterocycles. The topological polar surface area (TPSA) is 41.7 Å². The minimum absolute atomic E-state index is 0.0394. The van der Waals surface area contributed by atoms with Crippen LogP contribution in [0.4, 0.5) is 4.48 Å². The van der Waals surface area contributed by atoms with Gasteiger partial charge < -0.3 is 0 Å². The second kappa shape index (κ2) is 1.83. The van der Waals surface area contributed by atoms with Gasteiger partial charge in [0.25, 0.3) is 0 Å². The predicted octanol–water partition coefficient (Wildman–Crippen LogP) is 0.810. The lowest BCUT2D eigenvalue weighted by Gasteiger charge is -1.71. The second-order valence-electron chi connectivity index (χ2n) is 1.02. The van der Waals surface area contributed by atoms with Crippen LogP contribution in [0.15, 0.2) is 0 Å². The molecule has 8 heavy (non-hydrogen) atoms. The highest BCUT2D eigenvalue weighted by Gasteiger charge is 1.96. The molecule has 0 bridgehead atoms. The zero-order valence-electron chi connectivity index (χ0n) is 3.56. The minimum Gasteiger partial charge on any atom is -0.271 e. The monoisotopic (exact) mass is 153 g/mol. The highest BCUT2D eigenvalue weighted by molar-refractivity contribution is 7.13. The summed E-state index contributed by atoms with van der Waals surface area (Å²) < 4.78 is 11.9. The Morgan fingerprint density at radius 2 is 2.50 bits per heavy atom. The van der Waals surface area contributed by atoms with Crippen LogP contribution in [0.2, 0.25) is 4.47 Å². The van der Waals surface area contributed by atoms with Crippen molar-refractivity contribution in [1.82, 2.24) is 10.0 Å². The Bertz CT molecular complexity index is 240. The third-order valence-corrected chi connectivity index (χ3v) is 1.42. The fourth-order valence-corrected chi connectivity index (χ4v) is 0.926. The van der Waals surface area contributed by atoms with Crippen molar-refractivity contribution in [2.45, 2.75) is 0 Å². The first-order valence-electron chi connectivity index (χ1n) is 1.66. The molecule has 0 spiro atoms. The highest BCUT2D eigenvalue weighted by atomic mass is 35.5. The summed E-state index contributed by atoms with van der Waals surface area (Å²) in [4.78, 5) is -0.373. The van der Waals surface area contributed by atoms with Gasteiger partial charge in [0.05, 0.1) is 0 Å². The average Bonchev–Trinajstić information content (AvgIpc) is 1.85. The van der Waals surface area contributed by atoms with E-state index in [4.69, 9.17) is 17.0 Å². The quantitative estimate of drug-likeness (QED) is 0.589. The van der Waals surface area contributed by atoms with Gasteiger partial charge in [0.15, 0.2) is 0 Å². The van der Waals surface area contributed by atoms with Crippen molar-refractivity contribution in [3.63, 3.8) is 0 Å². The van der Waals surface area contributed by atoms with E-state index in [1.54, 1.807) is 0 Å². The van der Waals surface area contributed by atoms with Crippen molar-refractivity contribution in [3.05, 3.63) is 9.27 Å². The van der Waals surface area contributed by atoms with E-state index >= 15 is 0 Å². The smallest absolute Gasteiger partial charge is 0.235 e. The fourth-order valence-electron chi connectivity index (χ4n) is 0.252. The van der Waals surface area contributed by atoms with Crippen LogP contribution in [0.1, 0.15) is 0 Å². The Morgan fingerprint density at radius 3 is 2.62 bits per heavy atom. The summed E-state index contributed by atoms with van der Waals surface area (Å²) in [5.41, 5.74) is 0. The number of nitrogens with zero attached hydrogens (tertiary/aromatic N) is 2. The first-order chi connectivity index (χ1) is 3.70. The van der Waals surface area contributed by atoms with Crippen LogP contribution < -0.4 is 4.80 Å². The molecule has 0 aliphatic carbocycles. The molecule has 1 N–H and O–H groups in total. The molecule has 0 aromatic carbocycles. The SMILES string of the molecule is N=c1sc(Cl)nn1F. The summed E-state index contributed by atoms with van der Waals surface area (Å²) in [6.45, 7) is 0. The van der Waals surface area contributed by atoms with Crippen LogP contribution in [0.5, 0.6) is 0 Å². The van der Waals surface area contributed by atoms with Crippen molar-refractivity contribution >= 4 is 22.9 Å². The summed E-state index contributed by atoms with van der Waals surface area (Å²) in [5.74, 6) is 0. The Kier molecular flexibility index (Phi) is 1.31. The lowest BCUT2D eigenvalue weighted by molar-refractivity contribution is 0.300. The molecule has 3 nitrogen and oxygen atoms in total. The zero-order chi connectivity index (χ0) is 6.15. The first-order valence-corrected chi connectivity index (χ1v) is 2.86. The lowest BCUT2D eigenvalue weighted by atomic mass is 11.5. The van der Waals surface area contributed by atoms with Crippen LogP contribution in [-0.4, -0.2) is 10.0 Å². The molecule has 1 rings (SSSR count). The van der Waals surface area contributed by atoms with Gasteiger partial charge in [-0.25, -0.2) is 0 Å². The van der Waals surface area contributed by atoms with Crippen LogP contribution in [0.25, 0.3) is 0 Å². The Hall–Kier alpha value is -0.420. The maximum Gasteiger partial charge on any atom is 0.235 e. The molecule has 0 saturated carbocycles. The normalized spacial score (nSPS) is 9.75. The maximum atomic E-state index is 11.9. The highest BCUT2D eigenvalue weighted by Crippen LogP contribution is 2.04. The standard InChI is InChI=1S/C2HClFN3S/c3-1-6-7(4)2(5)8-1/h5H. The van der Waals surface area contributed by atoms with Crippen LogP contribution >= 0.6 is 22.9 Å². The molecule has 0 atom stereocenters.